The molecule has 1 N–H and O–H groups in total. The Labute approximate surface area is 113 Å². The SMILES string of the molecule is CC1(C)O[C@@H]2[C@@H](O1)[C@H](OC(=O)C(C)(C)C)C=C[C@H]2O. The van der Waals surface area contributed by atoms with Crippen LogP contribution in [0, 0.1) is 5.41 Å². The highest BCUT2D eigenvalue weighted by Crippen LogP contribution is 2.36. The molecule has 0 radical (unpaired) electrons. The zero-order valence-electron chi connectivity index (χ0n) is 12.0. The molecule has 1 heterocycles. The third kappa shape index (κ3) is 2.99. The molecule has 0 aromatic carbocycles. The zero-order chi connectivity index (χ0) is 14.4. The van der Waals surface area contributed by atoms with Gasteiger partial charge in [0.05, 0.1) is 5.41 Å². The van der Waals surface area contributed by atoms with Crippen molar-refractivity contribution in [3.63, 3.8) is 0 Å². The van der Waals surface area contributed by atoms with Crippen LogP contribution in [-0.2, 0) is 19.0 Å². The van der Waals surface area contributed by atoms with E-state index in [0.29, 0.717) is 0 Å². The van der Waals surface area contributed by atoms with Crippen molar-refractivity contribution in [1.29, 1.82) is 0 Å². The van der Waals surface area contributed by atoms with Gasteiger partial charge in [-0.15, -0.1) is 0 Å². The summed E-state index contributed by atoms with van der Waals surface area (Å²) in [5, 5.41) is 9.89. The summed E-state index contributed by atoms with van der Waals surface area (Å²) in [5.41, 5.74) is -0.575. The Hall–Kier alpha value is -0.910. The van der Waals surface area contributed by atoms with Gasteiger partial charge < -0.3 is 19.3 Å². The van der Waals surface area contributed by atoms with E-state index in [9.17, 15) is 9.90 Å². The van der Waals surface area contributed by atoms with Crippen molar-refractivity contribution < 1.29 is 24.1 Å². The largest absolute Gasteiger partial charge is 0.455 e. The summed E-state index contributed by atoms with van der Waals surface area (Å²) in [6, 6.07) is 0. The van der Waals surface area contributed by atoms with Crippen molar-refractivity contribution in [3.8, 4) is 0 Å². The zero-order valence-corrected chi connectivity index (χ0v) is 12.0. The van der Waals surface area contributed by atoms with E-state index >= 15 is 0 Å². The van der Waals surface area contributed by atoms with Gasteiger partial charge in [-0.3, -0.25) is 4.79 Å². The lowest BCUT2D eigenvalue weighted by atomic mass is 9.94. The molecule has 0 spiro atoms. The molecule has 108 valence electrons. The van der Waals surface area contributed by atoms with Crippen molar-refractivity contribution in [3.05, 3.63) is 12.2 Å². The molecular weight excluding hydrogens is 248 g/mol. The summed E-state index contributed by atoms with van der Waals surface area (Å²) >= 11 is 0. The normalized spacial score (nSPS) is 36.9. The number of ether oxygens (including phenoxy) is 3. The molecule has 1 saturated heterocycles. The maximum atomic E-state index is 11.9. The van der Waals surface area contributed by atoms with E-state index in [1.165, 1.54) is 0 Å². The highest BCUT2D eigenvalue weighted by Gasteiger charge is 2.50. The number of aliphatic hydroxyl groups excluding tert-OH is 1. The standard InChI is InChI=1S/C14H22O5/c1-13(2,3)12(16)17-9-7-6-8(15)10-11(9)19-14(4,5)18-10/h6-11,15H,1-5H3/t8-,9-,10+,11+/m1/s1. The smallest absolute Gasteiger partial charge is 0.311 e. The van der Waals surface area contributed by atoms with Crippen LogP contribution in [0.2, 0.25) is 0 Å². The first-order valence-corrected chi connectivity index (χ1v) is 6.53. The molecule has 0 bridgehead atoms. The Morgan fingerprint density at radius 1 is 1.21 bits per heavy atom. The van der Waals surface area contributed by atoms with Crippen LogP contribution >= 0.6 is 0 Å². The maximum Gasteiger partial charge on any atom is 0.311 e. The second kappa shape index (κ2) is 4.58. The average molecular weight is 270 g/mol. The van der Waals surface area contributed by atoms with Gasteiger partial charge >= 0.3 is 5.97 Å². The number of rotatable bonds is 1. The summed E-state index contributed by atoms with van der Waals surface area (Å²) in [6.45, 7) is 8.94. The molecule has 0 aromatic rings. The predicted octanol–water partition coefficient (Wildman–Crippen LogP) is 1.40. The highest BCUT2D eigenvalue weighted by molar-refractivity contribution is 5.75. The van der Waals surface area contributed by atoms with Gasteiger partial charge in [-0.1, -0.05) is 6.08 Å². The van der Waals surface area contributed by atoms with Crippen LogP contribution in [0.15, 0.2) is 12.2 Å². The summed E-state index contributed by atoms with van der Waals surface area (Å²) < 4.78 is 16.9. The molecule has 19 heavy (non-hydrogen) atoms. The van der Waals surface area contributed by atoms with Crippen molar-refractivity contribution in [1.82, 2.24) is 0 Å². The van der Waals surface area contributed by atoms with E-state index in [1.807, 2.05) is 0 Å². The average Bonchev–Trinajstić information content (AvgIpc) is 2.57. The molecule has 0 unspecified atom stereocenters. The molecule has 1 aliphatic carbocycles. The Balaban J connectivity index is 2.14. The predicted molar refractivity (Wildman–Crippen MR) is 68.3 cm³/mol. The number of carbonyl (C=O) groups excluding carboxylic acids is 1. The highest BCUT2D eigenvalue weighted by atomic mass is 16.8. The van der Waals surface area contributed by atoms with Gasteiger partial charge in [-0.2, -0.15) is 0 Å². The van der Waals surface area contributed by atoms with Gasteiger partial charge in [0.15, 0.2) is 5.79 Å². The number of hydrogen-bond donors (Lipinski definition) is 1. The summed E-state index contributed by atoms with van der Waals surface area (Å²) in [7, 11) is 0. The third-order valence-corrected chi connectivity index (χ3v) is 3.18. The first-order valence-electron chi connectivity index (χ1n) is 6.53. The maximum absolute atomic E-state index is 11.9. The Morgan fingerprint density at radius 3 is 2.37 bits per heavy atom. The first-order chi connectivity index (χ1) is 8.60. The fourth-order valence-electron chi connectivity index (χ4n) is 2.18. The van der Waals surface area contributed by atoms with Crippen molar-refractivity contribution >= 4 is 5.97 Å². The summed E-state index contributed by atoms with van der Waals surface area (Å²) in [4.78, 5) is 11.9. The molecule has 4 atom stereocenters. The number of aliphatic hydroxyl groups is 1. The lowest BCUT2D eigenvalue weighted by Crippen LogP contribution is -2.47. The monoisotopic (exact) mass is 270 g/mol. The van der Waals surface area contributed by atoms with Crippen LogP contribution in [0.5, 0.6) is 0 Å². The van der Waals surface area contributed by atoms with Crippen LogP contribution in [0.1, 0.15) is 34.6 Å². The topological polar surface area (TPSA) is 65.0 Å². The molecule has 0 saturated carbocycles. The van der Waals surface area contributed by atoms with E-state index in [-0.39, 0.29) is 5.97 Å². The van der Waals surface area contributed by atoms with Gasteiger partial charge in [0.25, 0.3) is 0 Å². The number of fused-ring (bicyclic) bond motifs is 1. The van der Waals surface area contributed by atoms with E-state index in [2.05, 4.69) is 0 Å². The fourth-order valence-corrected chi connectivity index (χ4v) is 2.18. The molecule has 1 aliphatic heterocycles. The molecular formula is C14H22O5. The summed E-state index contributed by atoms with van der Waals surface area (Å²) in [5.74, 6) is -1.08. The van der Waals surface area contributed by atoms with Crippen molar-refractivity contribution in [2.75, 3.05) is 0 Å². The minimum Gasteiger partial charge on any atom is -0.455 e. The third-order valence-electron chi connectivity index (χ3n) is 3.18. The lowest BCUT2D eigenvalue weighted by Gasteiger charge is -2.31. The number of carbonyl (C=O) groups is 1. The van der Waals surface area contributed by atoms with E-state index < -0.39 is 35.6 Å². The molecule has 2 aliphatic rings. The van der Waals surface area contributed by atoms with Crippen LogP contribution in [-0.4, -0.2) is 41.3 Å². The summed E-state index contributed by atoms with van der Waals surface area (Å²) in [6.07, 6.45) is 1.02. The molecule has 0 aromatic heterocycles. The quantitative estimate of drug-likeness (QED) is 0.576. The molecule has 5 heteroatoms. The Kier molecular flexibility index (Phi) is 3.49. The van der Waals surface area contributed by atoms with E-state index in [1.54, 1.807) is 46.8 Å². The second-order valence-electron chi connectivity index (χ2n) is 6.56. The van der Waals surface area contributed by atoms with Gasteiger partial charge in [0.1, 0.15) is 24.4 Å². The van der Waals surface area contributed by atoms with Crippen molar-refractivity contribution in [2.24, 2.45) is 5.41 Å². The van der Waals surface area contributed by atoms with Crippen LogP contribution in [0.3, 0.4) is 0 Å². The molecule has 0 amide bonds. The Bertz CT molecular complexity index is 393. The van der Waals surface area contributed by atoms with Crippen LogP contribution in [0.25, 0.3) is 0 Å². The van der Waals surface area contributed by atoms with E-state index in [4.69, 9.17) is 14.2 Å². The van der Waals surface area contributed by atoms with Crippen LogP contribution < -0.4 is 0 Å². The Morgan fingerprint density at radius 2 is 1.79 bits per heavy atom. The van der Waals surface area contributed by atoms with E-state index in [0.717, 1.165) is 0 Å². The molecule has 2 rings (SSSR count). The fraction of sp³-hybridized carbons (Fsp3) is 0.786. The second-order valence-corrected chi connectivity index (χ2v) is 6.56. The first kappa shape index (κ1) is 14.5. The van der Waals surface area contributed by atoms with Crippen LogP contribution in [0.4, 0.5) is 0 Å². The lowest BCUT2D eigenvalue weighted by molar-refractivity contribution is -0.172. The number of esters is 1. The van der Waals surface area contributed by atoms with Gasteiger partial charge in [-0.05, 0) is 40.7 Å². The van der Waals surface area contributed by atoms with Gasteiger partial charge in [-0.25, -0.2) is 0 Å². The van der Waals surface area contributed by atoms with Gasteiger partial charge in [0, 0.05) is 0 Å². The molecule has 1 fully saturated rings. The molecule has 5 nitrogen and oxygen atoms in total. The number of hydrogen-bond acceptors (Lipinski definition) is 5. The minimum absolute atomic E-state index is 0.300. The van der Waals surface area contributed by atoms with Crippen molar-refractivity contribution in [2.45, 2.75) is 64.8 Å². The minimum atomic E-state index is -0.783. The van der Waals surface area contributed by atoms with Gasteiger partial charge in [0.2, 0.25) is 0 Å².